The molecule has 2 aliphatic heterocycles. The second-order valence-electron chi connectivity index (χ2n) is 9.37. The summed E-state index contributed by atoms with van der Waals surface area (Å²) in [6.07, 6.45) is 6.01. The molecule has 0 spiro atoms. The number of pyridine rings is 2. The molecule has 4 heterocycles. The third-order valence-electron chi connectivity index (χ3n) is 6.61. The third-order valence-corrected chi connectivity index (χ3v) is 6.61. The fourth-order valence-electron chi connectivity index (χ4n) is 4.40. The third kappa shape index (κ3) is 7.04. The smallest absolute Gasteiger partial charge is 0.315 e. The molecule has 9 heteroatoms. The first-order valence-corrected chi connectivity index (χ1v) is 12.4. The van der Waals surface area contributed by atoms with E-state index < -0.39 is 0 Å². The van der Waals surface area contributed by atoms with Gasteiger partial charge >= 0.3 is 6.03 Å². The van der Waals surface area contributed by atoms with E-state index in [2.05, 4.69) is 66.4 Å². The van der Waals surface area contributed by atoms with Gasteiger partial charge in [-0.15, -0.1) is 0 Å². The van der Waals surface area contributed by atoms with Crippen molar-refractivity contribution in [2.75, 3.05) is 76.3 Å². The molecule has 0 aliphatic carbocycles. The van der Waals surface area contributed by atoms with Crippen molar-refractivity contribution in [2.45, 2.75) is 25.9 Å². The van der Waals surface area contributed by atoms with E-state index in [1.165, 1.54) is 0 Å². The van der Waals surface area contributed by atoms with Gasteiger partial charge in [0.2, 0.25) is 0 Å². The number of hydrogen-bond acceptors (Lipinski definition) is 7. The number of carbonyl (C=O) groups is 1. The zero-order valence-corrected chi connectivity index (χ0v) is 20.5. The molecule has 184 valence electrons. The Balaban J connectivity index is 1.19. The number of urea groups is 1. The molecule has 0 radical (unpaired) electrons. The maximum absolute atomic E-state index is 12.3. The Labute approximate surface area is 203 Å². The highest BCUT2D eigenvalue weighted by Gasteiger charge is 2.15. The van der Waals surface area contributed by atoms with Gasteiger partial charge in [-0.05, 0) is 63.3 Å². The highest BCUT2D eigenvalue weighted by atomic mass is 16.2. The summed E-state index contributed by atoms with van der Waals surface area (Å²) in [6.45, 7) is 9.31. The van der Waals surface area contributed by atoms with Crippen LogP contribution in [-0.2, 0) is 13.1 Å². The number of likely N-dealkylation sites (N-methyl/N-ethyl adjacent to an activating group) is 2. The van der Waals surface area contributed by atoms with Crippen molar-refractivity contribution in [3.8, 4) is 0 Å². The van der Waals surface area contributed by atoms with E-state index in [0.29, 0.717) is 13.1 Å². The van der Waals surface area contributed by atoms with E-state index >= 15 is 0 Å². The van der Waals surface area contributed by atoms with Crippen molar-refractivity contribution < 1.29 is 4.79 Å². The molecule has 34 heavy (non-hydrogen) atoms. The fourth-order valence-corrected chi connectivity index (χ4v) is 4.40. The summed E-state index contributed by atoms with van der Waals surface area (Å²) in [5, 5.41) is 5.83. The lowest BCUT2D eigenvalue weighted by molar-refractivity contribution is 0.240. The van der Waals surface area contributed by atoms with Gasteiger partial charge in [0.1, 0.15) is 11.6 Å². The van der Waals surface area contributed by atoms with Crippen LogP contribution in [0, 0.1) is 0 Å². The van der Waals surface area contributed by atoms with Crippen LogP contribution in [0.25, 0.3) is 0 Å². The number of amides is 2. The minimum atomic E-state index is -0.195. The van der Waals surface area contributed by atoms with Crippen LogP contribution in [0.3, 0.4) is 0 Å². The maximum Gasteiger partial charge on any atom is 0.315 e. The van der Waals surface area contributed by atoms with Crippen molar-refractivity contribution >= 4 is 17.7 Å². The van der Waals surface area contributed by atoms with Crippen LogP contribution in [0.15, 0.2) is 36.7 Å². The van der Waals surface area contributed by atoms with Crippen molar-refractivity contribution in [1.82, 2.24) is 30.4 Å². The summed E-state index contributed by atoms with van der Waals surface area (Å²) in [7, 11) is 4.33. The van der Waals surface area contributed by atoms with E-state index in [4.69, 9.17) is 0 Å². The molecule has 0 bridgehead atoms. The number of hydrogen-bond donors (Lipinski definition) is 2. The number of nitrogens with one attached hydrogen (secondary N) is 2. The normalized spacial score (nSPS) is 18.3. The number of aromatic nitrogens is 2. The Bertz CT molecular complexity index is 831. The van der Waals surface area contributed by atoms with E-state index in [0.717, 1.165) is 88.0 Å². The lowest BCUT2D eigenvalue weighted by Crippen LogP contribution is -2.34. The van der Waals surface area contributed by atoms with E-state index in [1.807, 2.05) is 24.5 Å². The molecular formula is C25H38N8O. The van der Waals surface area contributed by atoms with Crippen LogP contribution in [0.4, 0.5) is 16.4 Å². The molecule has 0 unspecified atom stereocenters. The van der Waals surface area contributed by atoms with E-state index in [-0.39, 0.29) is 6.03 Å². The molecule has 9 nitrogen and oxygen atoms in total. The summed E-state index contributed by atoms with van der Waals surface area (Å²) in [5.74, 6) is 2.01. The average molecular weight is 467 g/mol. The second-order valence-corrected chi connectivity index (χ2v) is 9.37. The maximum atomic E-state index is 12.3. The summed E-state index contributed by atoms with van der Waals surface area (Å²) < 4.78 is 0. The molecule has 0 aromatic carbocycles. The predicted molar refractivity (Wildman–Crippen MR) is 136 cm³/mol. The topological polar surface area (TPSA) is 79.9 Å². The Morgan fingerprint density at radius 3 is 1.59 bits per heavy atom. The van der Waals surface area contributed by atoms with E-state index in [1.54, 1.807) is 0 Å². The van der Waals surface area contributed by atoms with Gasteiger partial charge in [-0.1, -0.05) is 12.1 Å². The molecule has 0 saturated carbocycles. The molecule has 2 N–H and O–H groups in total. The van der Waals surface area contributed by atoms with Crippen molar-refractivity contribution in [3.63, 3.8) is 0 Å². The van der Waals surface area contributed by atoms with Crippen LogP contribution < -0.4 is 20.4 Å². The number of rotatable bonds is 6. The van der Waals surface area contributed by atoms with Gasteiger partial charge in [-0.3, -0.25) is 0 Å². The van der Waals surface area contributed by atoms with Crippen LogP contribution in [-0.4, -0.2) is 92.3 Å². The molecule has 2 aromatic heterocycles. The van der Waals surface area contributed by atoms with Crippen LogP contribution in [0.1, 0.15) is 24.0 Å². The summed E-state index contributed by atoms with van der Waals surface area (Å²) >= 11 is 0. The molecule has 2 amide bonds. The first-order valence-electron chi connectivity index (χ1n) is 12.4. The second kappa shape index (κ2) is 12.0. The van der Waals surface area contributed by atoms with Crippen molar-refractivity contribution in [2.24, 2.45) is 0 Å². The lowest BCUT2D eigenvalue weighted by Gasteiger charge is -2.21. The number of carbonyl (C=O) groups excluding carboxylic acids is 1. The quantitative estimate of drug-likeness (QED) is 0.672. The van der Waals surface area contributed by atoms with Crippen LogP contribution in [0.2, 0.25) is 0 Å². The summed E-state index contributed by atoms with van der Waals surface area (Å²) in [4.78, 5) is 30.9. The Morgan fingerprint density at radius 2 is 1.18 bits per heavy atom. The van der Waals surface area contributed by atoms with Crippen molar-refractivity contribution in [3.05, 3.63) is 47.8 Å². The van der Waals surface area contributed by atoms with E-state index in [9.17, 15) is 4.79 Å². The summed E-state index contributed by atoms with van der Waals surface area (Å²) in [5.41, 5.74) is 1.97. The highest BCUT2D eigenvalue weighted by Crippen LogP contribution is 2.15. The molecule has 2 aliphatic rings. The Kier molecular flexibility index (Phi) is 8.54. The average Bonchev–Trinajstić information content (AvgIpc) is 3.22. The monoisotopic (exact) mass is 466 g/mol. The minimum absolute atomic E-state index is 0.195. The van der Waals surface area contributed by atoms with Crippen molar-refractivity contribution in [1.29, 1.82) is 0 Å². The highest BCUT2D eigenvalue weighted by molar-refractivity contribution is 5.73. The minimum Gasteiger partial charge on any atom is -0.355 e. The number of nitrogens with zero attached hydrogens (tertiary/aromatic N) is 6. The summed E-state index contributed by atoms with van der Waals surface area (Å²) in [6, 6.07) is 7.99. The molecule has 4 rings (SSSR count). The Hall–Kier alpha value is -2.91. The first-order chi connectivity index (χ1) is 16.6. The zero-order valence-electron chi connectivity index (χ0n) is 20.5. The lowest BCUT2D eigenvalue weighted by atomic mass is 10.2. The molecule has 2 fully saturated rings. The van der Waals surface area contributed by atoms with Gasteiger partial charge in [0.15, 0.2) is 0 Å². The van der Waals surface area contributed by atoms with Gasteiger partial charge in [0.05, 0.1) is 0 Å². The standard InChI is InChI=1S/C25H38N8O/c1-30-9-3-11-32(15-13-30)23-7-5-21(17-26-23)19-28-25(34)29-20-22-6-8-24(27-18-22)33-12-4-10-31(2)14-16-33/h5-8,17-18H,3-4,9-16,19-20H2,1-2H3,(H2,28,29,34). The number of anilines is 2. The first kappa shape index (κ1) is 24.2. The van der Waals surface area contributed by atoms with Gasteiger partial charge < -0.3 is 30.2 Å². The fraction of sp³-hybridized carbons (Fsp3) is 0.560. The Morgan fingerprint density at radius 1 is 0.706 bits per heavy atom. The molecular weight excluding hydrogens is 428 g/mol. The van der Waals surface area contributed by atoms with Gasteiger partial charge in [0, 0.05) is 64.8 Å². The van der Waals surface area contributed by atoms with Crippen LogP contribution in [0.5, 0.6) is 0 Å². The molecule has 2 saturated heterocycles. The van der Waals surface area contributed by atoms with Crippen LogP contribution >= 0.6 is 0 Å². The SMILES string of the molecule is CN1CCCN(c2ccc(CNC(=O)NCc3ccc(N4CCCN(C)CC4)nc3)cn2)CC1. The zero-order chi connectivity index (χ0) is 23.8. The predicted octanol–water partition coefficient (Wildman–Crippen LogP) is 1.76. The van der Waals surface area contributed by atoms with Gasteiger partial charge in [-0.2, -0.15) is 0 Å². The largest absolute Gasteiger partial charge is 0.355 e. The molecule has 2 aromatic rings. The van der Waals surface area contributed by atoms with Gasteiger partial charge in [0.25, 0.3) is 0 Å². The molecule has 0 atom stereocenters. The van der Waals surface area contributed by atoms with Gasteiger partial charge in [-0.25, -0.2) is 14.8 Å².